The number of alkyl carbamates (subject to hydrolysis) is 1. The fourth-order valence-corrected chi connectivity index (χ4v) is 3.61. The van der Waals surface area contributed by atoms with E-state index in [0.717, 1.165) is 51.2 Å². The Hall–Kier alpha value is -1.89. The zero-order valence-corrected chi connectivity index (χ0v) is 15.1. The second-order valence-electron chi connectivity index (χ2n) is 7.36. The Morgan fingerprint density at radius 1 is 1.44 bits per heavy atom. The van der Waals surface area contributed by atoms with Crippen molar-refractivity contribution in [1.82, 2.24) is 15.3 Å². The summed E-state index contributed by atoms with van der Waals surface area (Å²) in [7, 11) is 0. The third kappa shape index (κ3) is 4.81. The monoisotopic (exact) mass is 348 g/mol. The molecule has 1 amide bonds. The predicted octanol–water partition coefficient (Wildman–Crippen LogP) is 2.38. The minimum Gasteiger partial charge on any atom is -0.447 e. The van der Waals surface area contributed by atoms with Crippen LogP contribution in [0.15, 0.2) is 18.6 Å². The molecule has 3 rings (SSSR count). The van der Waals surface area contributed by atoms with Crippen LogP contribution in [0.25, 0.3) is 0 Å². The number of rotatable bonds is 4. The molecule has 1 aromatic rings. The van der Waals surface area contributed by atoms with Crippen LogP contribution in [-0.4, -0.2) is 54.5 Å². The number of hydrogen-bond acceptors (Lipinski definition) is 6. The van der Waals surface area contributed by atoms with Gasteiger partial charge in [-0.3, -0.25) is 0 Å². The number of piperidine rings is 1. The fourth-order valence-electron chi connectivity index (χ4n) is 3.61. The van der Waals surface area contributed by atoms with Crippen LogP contribution in [0.5, 0.6) is 0 Å². The van der Waals surface area contributed by atoms with Crippen LogP contribution in [0, 0.1) is 5.41 Å². The largest absolute Gasteiger partial charge is 0.447 e. The quantitative estimate of drug-likeness (QED) is 0.900. The normalized spacial score (nSPS) is 22.8. The number of carbonyl (C=O) groups is 1. The van der Waals surface area contributed by atoms with E-state index >= 15 is 0 Å². The van der Waals surface area contributed by atoms with Gasteiger partial charge < -0.3 is 19.7 Å². The molecule has 138 valence electrons. The van der Waals surface area contributed by atoms with E-state index in [4.69, 9.17) is 9.47 Å². The number of hydrogen-bond donors (Lipinski definition) is 1. The highest BCUT2D eigenvalue weighted by molar-refractivity contribution is 5.67. The van der Waals surface area contributed by atoms with Gasteiger partial charge in [0.05, 0.1) is 18.8 Å². The van der Waals surface area contributed by atoms with Crippen molar-refractivity contribution in [3.05, 3.63) is 18.6 Å². The second kappa shape index (κ2) is 7.99. The van der Waals surface area contributed by atoms with Crippen LogP contribution >= 0.6 is 0 Å². The average molecular weight is 348 g/mol. The minimum atomic E-state index is -0.364. The first kappa shape index (κ1) is 17.9. The van der Waals surface area contributed by atoms with E-state index in [1.807, 2.05) is 19.9 Å². The third-order valence-corrected chi connectivity index (χ3v) is 5.15. The maximum atomic E-state index is 11.6. The van der Waals surface area contributed by atoms with Crippen LogP contribution < -0.4 is 10.2 Å². The van der Waals surface area contributed by atoms with E-state index in [9.17, 15) is 4.79 Å². The number of carbonyl (C=O) groups excluding carboxylic acids is 1. The van der Waals surface area contributed by atoms with Crippen molar-refractivity contribution in [2.75, 3.05) is 31.1 Å². The second-order valence-corrected chi connectivity index (χ2v) is 7.36. The predicted molar refractivity (Wildman–Crippen MR) is 94.5 cm³/mol. The number of aromatic nitrogens is 2. The highest BCUT2D eigenvalue weighted by Gasteiger charge is 2.39. The molecule has 2 fully saturated rings. The molecule has 0 bridgehead atoms. The van der Waals surface area contributed by atoms with Gasteiger partial charge in [-0.2, -0.15) is 0 Å². The van der Waals surface area contributed by atoms with E-state index in [1.165, 1.54) is 0 Å². The van der Waals surface area contributed by atoms with Gasteiger partial charge in [-0.25, -0.2) is 14.8 Å². The molecule has 3 heterocycles. The average Bonchev–Trinajstić information content (AvgIpc) is 2.62. The molecule has 2 aliphatic heterocycles. The van der Waals surface area contributed by atoms with Gasteiger partial charge in [-0.05, 0) is 51.0 Å². The molecule has 0 aromatic carbocycles. The lowest BCUT2D eigenvalue weighted by molar-refractivity contribution is -0.0705. The van der Waals surface area contributed by atoms with E-state index in [0.29, 0.717) is 6.54 Å². The maximum Gasteiger partial charge on any atom is 0.407 e. The smallest absolute Gasteiger partial charge is 0.407 e. The molecule has 7 heteroatoms. The fraction of sp³-hybridized carbons (Fsp3) is 0.722. The Bertz CT molecular complexity index is 549. The highest BCUT2D eigenvalue weighted by atomic mass is 16.6. The van der Waals surface area contributed by atoms with E-state index in [-0.39, 0.29) is 23.7 Å². The van der Waals surface area contributed by atoms with Crippen molar-refractivity contribution in [3.63, 3.8) is 0 Å². The standard InChI is InChI=1S/C18H28N4O3/c1-14(2)25-17(23)20-11-15-3-5-18(12-24-15)6-9-22(10-7-18)16-4-8-19-13-21-16/h4,8,13-15H,3,5-7,9-12H2,1-2H3,(H,20,23). The molecular weight excluding hydrogens is 320 g/mol. The van der Waals surface area contributed by atoms with Crippen molar-refractivity contribution in [3.8, 4) is 0 Å². The highest BCUT2D eigenvalue weighted by Crippen LogP contribution is 2.41. The van der Waals surface area contributed by atoms with Crippen molar-refractivity contribution in [2.45, 2.75) is 51.7 Å². The molecule has 25 heavy (non-hydrogen) atoms. The van der Waals surface area contributed by atoms with Crippen LogP contribution in [0.4, 0.5) is 10.6 Å². The van der Waals surface area contributed by atoms with Gasteiger partial charge in [-0.1, -0.05) is 0 Å². The van der Waals surface area contributed by atoms with E-state index < -0.39 is 0 Å². The summed E-state index contributed by atoms with van der Waals surface area (Å²) in [4.78, 5) is 22.2. The third-order valence-electron chi connectivity index (χ3n) is 5.15. The Labute approximate surface area is 149 Å². The van der Waals surface area contributed by atoms with Gasteiger partial charge in [0.15, 0.2) is 0 Å². The van der Waals surface area contributed by atoms with Crippen LogP contribution in [0.3, 0.4) is 0 Å². The molecule has 1 atom stereocenters. The van der Waals surface area contributed by atoms with Gasteiger partial charge in [0.25, 0.3) is 0 Å². The zero-order valence-electron chi connectivity index (χ0n) is 15.1. The molecule has 1 aromatic heterocycles. The Kier molecular flexibility index (Phi) is 5.73. The molecule has 1 spiro atoms. The SMILES string of the molecule is CC(C)OC(=O)NCC1CCC2(CCN(c3ccncn3)CC2)CO1. The van der Waals surface area contributed by atoms with Crippen LogP contribution in [0.2, 0.25) is 0 Å². The number of ether oxygens (including phenoxy) is 2. The van der Waals surface area contributed by atoms with Gasteiger partial charge in [0.2, 0.25) is 0 Å². The minimum absolute atomic E-state index is 0.0882. The number of amides is 1. The first-order valence-corrected chi connectivity index (χ1v) is 9.13. The maximum absolute atomic E-state index is 11.6. The molecule has 1 N–H and O–H groups in total. The Morgan fingerprint density at radius 2 is 2.24 bits per heavy atom. The molecule has 0 radical (unpaired) electrons. The number of anilines is 1. The van der Waals surface area contributed by atoms with Crippen molar-refractivity contribution >= 4 is 11.9 Å². The van der Waals surface area contributed by atoms with E-state index in [1.54, 1.807) is 12.5 Å². The molecule has 0 aliphatic carbocycles. The summed E-state index contributed by atoms with van der Waals surface area (Å²) in [6.45, 7) is 6.99. The summed E-state index contributed by atoms with van der Waals surface area (Å²) in [6, 6.07) is 1.97. The summed E-state index contributed by atoms with van der Waals surface area (Å²) >= 11 is 0. The first-order chi connectivity index (χ1) is 12.1. The topological polar surface area (TPSA) is 76.6 Å². The number of nitrogens with one attached hydrogen (secondary N) is 1. The van der Waals surface area contributed by atoms with Crippen molar-refractivity contribution < 1.29 is 14.3 Å². The van der Waals surface area contributed by atoms with Crippen molar-refractivity contribution in [2.24, 2.45) is 5.41 Å². The lowest BCUT2D eigenvalue weighted by Crippen LogP contribution is -2.48. The van der Waals surface area contributed by atoms with Gasteiger partial charge in [0, 0.05) is 25.8 Å². The van der Waals surface area contributed by atoms with Gasteiger partial charge in [-0.15, -0.1) is 0 Å². The summed E-state index contributed by atoms with van der Waals surface area (Å²) in [5.41, 5.74) is 0.276. The summed E-state index contributed by atoms with van der Waals surface area (Å²) in [6.07, 6.45) is 7.38. The van der Waals surface area contributed by atoms with Gasteiger partial charge in [0.1, 0.15) is 12.1 Å². The van der Waals surface area contributed by atoms with Gasteiger partial charge >= 0.3 is 6.09 Å². The van der Waals surface area contributed by atoms with E-state index in [2.05, 4.69) is 20.2 Å². The molecule has 0 saturated carbocycles. The zero-order chi connectivity index (χ0) is 17.7. The summed E-state index contributed by atoms with van der Waals surface area (Å²) in [5.74, 6) is 1.01. The van der Waals surface area contributed by atoms with Crippen molar-refractivity contribution in [1.29, 1.82) is 0 Å². The molecule has 7 nitrogen and oxygen atoms in total. The summed E-state index contributed by atoms with van der Waals surface area (Å²) in [5, 5.41) is 2.80. The van der Waals surface area contributed by atoms with Crippen LogP contribution in [0.1, 0.15) is 39.5 Å². The molecular formula is C18H28N4O3. The Balaban J connectivity index is 1.41. The lowest BCUT2D eigenvalue weighted by atomic mass is 9.73. The number of nitrogens with zero attached hydrogens (tertiary/aromatic N) is 3. The lowest BCUT2D eigenvalue weighted by Gasteiger charge is -2.46. The first-order valence-electron chi connectivity index (χ1n) is 9.13. The van der Waals surface area contributed by atoms with Crippen LogP contribution in [-0.2, 0) is 9.47 Å². The molecule has 2 saturated heterocycles. The summed E-state index contributed by atoms with van der Waals surface area (Å²) < 4.78 is 11.1. The molecule has 2 aliphatic rings. The molecule has 1 unspecified atom stereocenters. The Morgan fingerprint density at radius 3 is 2.84 bits per heavy atom.